The summed E-state index contributed by atoms with van der Waals surface area (Å²) in [5.74, 6) is -0.644. The third-order valence-electron chi connectivity index (χ3n) is 4.73. The second kappa shape index (κ2) is 6.50. The molecule has 1 atom stereocenters. The van der Waals surface area contributed by atoms with Crippen LogP contribution in [0.1, 0.15) is 17.9 Å². The summed E-state index contributed by atoms with van der Waals surface area (Å²) in [5, 5.41) is 2.79. The van der Waals surface area contributed by atoms with Crippen LogP contribution in [0.5, 0.6) is 0 Å². The van der Waals surface area contributed by atoms with Gasteiger partial charge in [0.1, 0.15) is 11.3 Å². The number of carbonyl (C=O) groups is 2. The molecule has 1 aliphatic heterocycles. The van der Waals surface area contributed by atoms with E-state index < -0.39 is 5.92 Å². The molecule has 0 saturated carbocycles. The second-order valence-corrected chi connectivity index (χ2v) is 6.74. The normalized spacial score (nSPS) is 16.9. The molecule has 7 heteroatoms. The van der Waals surface area contributed by atoms with Gasteiger partial charge in [-0.2, -0.15) is 0 Å². The molecule has 1 fully saturated rings. The number of halogens is 1. The van der Waals surface area contributed by atoms with Crippen molar-refractivity contribution in [3.05, 3.63) is 53.7 Å². The van der Waals surface area contributed by atoms with Crippen LogP contribution in [0.3, 0.4) is 0 Å². The van der Waals surface area contributed by atoms with Crippen LogP contribution >= 0.6 is 0 Å². The SMILES string of the molecule is Cc1nc2cc(N3CC(C(=O)Nc4ccc(F)cc4C)CC3=O)ccc2o1. The van der Waals surface area contributed by atoms with E-state index in [4.69, 9.17) is 4.42 Å². The summed E-state index contributed by atoms with van der Waals surface area (Å²) in [5.41, 5.74) is 3.20. The number of rotatable bonds is 3. The summed E-state index contributed by atoms with van der Waals surface area (Å²) in [6, 6.07) is 9.52. The number of fused-ring (bicyclic) bond motifs is 1. The van der Waals surface area contributed by atoms with Crippen LogP contribution < -0.4 is 10.2 Å². The van der Waals surface area contributed by atoms with Gasteiger partial charge in [-0.3, -0.25) is 9.59 Å². The molecule has 1 saturated heterocycles. The first-order chi connectivity index (χ1) is 12.9. The molecule has 138 valence electrons. The zero-order chi connectivity index (χ0) is 19.1. The Morgan fingerprint density at radius 1 is 1.26 bits per heavy atom. The summed E-state index contributed by atoms with van der Waals surface area (Å²) in [7, 11) is 0. The molecule has 27 heavy (non-hydrogen) atoms. The number of hydrogen-bond acceptors (Lipinski definition) is 4. The minimum Gasteiger partial charge on any atom is -0.441 e. The largest absolute Gasteiger partial charge is 0.441 e. The van der Waals surface area contributed by atoms with Gasteiger partial charge < -0.3 is 14.6 Å². The van der Waals surface area contributed by atoms with Gasteiger partial charge in [-0.15, -0.1) is 0 Å². The number of aromatic nitrogens is 1. The molecule has 4 rings (SSSR count). The van der Waals surface area contributed by atoms with Gasteiger partial charge in [0.15, 0.2) is 11.5 Å². The maximum Gasteiger partial charge on any atom is 0.229 e. The van der Waals surface area contributed by atoms with Gasteiger partial charge >= 0.3 is 0 Å². The first-order valence-corrected chi connectivity index (χ1v) is 8.65. The van der Waals surface area contributed by atoms with Crippen molar-refractivity contribution in [2.45, 2.75) is 20.3 Å². The second-order valence-electron chi connectivity index (χ2n) is 6.74. The van der Waals surface area contributed by atoms with Crippen LogP contribution in [-0.2, 0) is 9.59 Å². The smallest absolute Gasteiger partial charge is 0.229 e. The molecule has 1 aromatic heterocycles. The van der Waals surface area contributed by atoms with Gasteiger partial charge in [-0.25, -0.2) is 9.37 Å². The number of carbonyl (C=O) groups excluding carboxylic acids is 2. The molecule has 2 amide bonds. The number of oxazole rings is 1. The van der Waals surface area contributed by atoms with Crippen LogP contribution in [0.15, 0.2) is 40.8 Å². The molecule has 6 nitrogen and oxygen atoms in total. The lowest BCUT2D eigenvalue weighted by Crippen LogP contribution is -2.28. The average molecular weight is 367 g/mol. The Morgan fingerprint density at radius 2 is 2.07 bits per heavy atom. The van der Waals surface area contributed by atoms with Crippen LogP contribution in [0.2, 0.25) is 0 Å². The van der Waals surface area contributed by atoms with Gasteiger partial charge in [-0.1, -0.05) is 0 Å². The molecular formula is C20H18FN3O3. The van der Waals surface area contributed by atoms with E-state index >= 15 is 0 Å². The number of nitrogens with zero attached hydrogens (tertiary/aromatic N) is 2. The predicted octanol–water partition coefficient (Wildman–Crippen LogP) is 3.58. The van der Waals surface area contributed by atoms with E-state index in [0.29, 0.717) is 33.9 Å². The average Bonchev–Trinajstić information content (AvgIpc) is 3.18. The zero-order valence-electron chi connectivity index (χ0n) is 15.0. The Hall–Kier alpha value is -3.22. The molecule has 3 aromatic rings. The van der Waals surface area contributed by atoms with E-state index in [1.165, 1.54) is 18.2 Å². The predicted molar refractivity (Wildman–Crippen MR) is 99.0 cm³/mol. The monoisotopic (exact) mass is 367 g/mol. The van der Waals surface area contributed by atoms with E-state index in [0.717, 1.165) is 0 Å². The van der Waals surface area contributed by atoms with Crippen molar-refractivity contribution in [2.24, 2.45) is 5.92 Å². The fraction of sp³-hybridized carbons (Fsp3) is 0.250. The van der Waals surface area contributed by atoms with Gasteiger partial charge in [-0.05, 0) is 48.9 Å². The zero-order valence-corrected chi connectivity index (χ0v) is 15.0. The number of anilines is 2. The van der Waals surface area contributed by atoms with Gasteiger partial charge in [0.25, 0.3) is 0 Å². The minimum absolute atomic E-state index is 0.120. The fourth-order valence-electron chi connectivity index (χ4n) is 3.33. The number of hydrogen-bond donors (Lipinski definition) is 1. The topological polar surface area (TPSA) is 75.4 Å². The van der Waals surface area contributed by atoms with E-state index in [9.17, 15) is 14.0 Å². The first-order valence-electron chi connectivity index (χ1n) is 8.65. The van der Waals surface area contributed by atoms with Crippen molar-refractivity contribution in [3.63, 3.8) is 0 Å². The van der Waals surface area contributed by atoms with E-state index in [2.05, 4.69) is 10.3 Å². The van der Waals surface area contributed by atoms with Crippen molar-refractivity contribution in [1.82, 2.24) is 4.98 Å². The van der Waals surface area contributed by atoms with Gasteiger partial charge in [0.2, 0.25) is 11.8 Å². The maximum atomic E-state index is 13.2. The van der Waals surface area contributed by atoms with Gasteiger partial charge in [0.05, 0.1) is 5.92 Å². The molecule has 2 heterocycles. The fourth-order valence-corrected chi connectivity index (χ4v) is 3.33. The van der Waals surface area contributed by atoms with E-state index in [1.807, 2.05) is 0 Å². The third-order valence-corrected chi connectivity index (χ3v) is 4.73. The summed E-state index contributed by atoms with van der Waals surface area (Å²) in [6.45, 7) is 3.77. The quantitative estimate of drug-likeness (QED) is 0.768. The van der Waals surface area contributed by atoms with Crippen LogP contribution in [0, 0.1) is 25.6 Å². The van der Waals surface area contributed by atoms with Crippen molar-refractivity contribution < 1.29 is 18.4 Å². The van der Waals surface area contributed by atoms with Crippen molar-refractivity contribution >= 4 is 34.3 Å². The lowest BCUT2D eigenvalue weighted by atomic mass is 10.1. The molecule has 0 radical (unpaired) electrons. The third kappa shape index (κ3) is 3.28. The molecule has 0 aliphatic carbocycles. The number of aryl methyl sites for hydroxylation is 2. The molecule has 1 N–H and O–H groups in total. The standard InChI is InChI=1S/C20H18FN3O3/c1-11-7-14(21)3-5-16(11)23-20(26)13-8-19(25)24(10-13)15-4-6-18-17(9-15)22-12(2)27-18/h3-7,9,13H,8,10H2,1-2H3,(H,23,26). The summed E-state index contributed by atoms with van der Waals surface area (Å²) >= 11 is 0. The van der Waals surface area contributed by atoms with Crippen molar-refractivity contribution in [2.75, 3.05) is 16.8 Å². The Morgan fingerprint density at radius 3 is 2.85 bits per heavy atom. The van der Waals surface area contributed by atoms with Crippen LogP contribution in [-0.4, -0.2) is 23.3 Å². The lowest BCUT2D eigenvalue weighted by Gasteiger charge is -2.17. The van der Waals surface area contributed by atoms with Crippen molar-refractivity contribution in [1.29, 1.82) is 0 Å². The molecular weight excluding hydrogens is 349 g/mol. The highest BCUT2D eigenvalue weighted by Crippen LogP contribution is 2.29. The van der Waals surface area contributed by atoms with E-state index in [1.54, 1.807) is 36.9 Å². The van der Waals surface area contributed by atoms with Gasteiger partial charge in [0, 0.05) is 31.3 Å². The van der Waals surface area contributed by atoms with Crippen LogP contribution in [0.25, 0.3) is 11.1 Å². The first kappa shape index (κ1) is 17.2. The molecule has 0 spiro atoms. The highest BCUT2D eigenvalue weighted by molar-refractivity contribution is 6.04. The number of benzene rings is 2. The highest BCUT2D eigenvalue weighted by Gasteiger charge is 2.35. The Labute approximate surface area is 155 Å². The minimum atomic E-state index is -0.475. The molecule has 1 aliphatic rings. The maximum absolute atomic E-state index is 13.2. The summed E-state index contributed by atoms with van der Waals surface area (Å²) < 4.78 is 18.7. The van der Waals surface area contributed by atoms with Crippen LogP contribution in [0.4, 0.5) is 15.8 Å². The van der Waals surface area contributed by atoms with E-state index in [-0.39, 0.29) is 30.6 Å². The Bertz CT molecular complexity index is 1060. The molecule has 0 bridgehead atoms. The lowest BCUT2D eigenvalue weighted by molar-refractivity contribution is -0.122. The number of nitrogens with one attached hydrogen (secondary N) is 1. The van der Waals surface area contributed by atoms with Crippen molar-refractivity contribution in [3.8, 4) is 0 Å². The molecule has 1 unspecified atom stereocenters. The highest BCUT2D eigenvalue weighted by atomic mass is 19.1. The number of amides is 2. The summed E-state index contributed by atoms with van der Waals surface area (Å²) in [6.07, 6.45) is 0.127. The Balaban J connectivity index is 1.51. The summed E-state index contributed by atoms with van der Waals surface area (Å²) in [4.78, 5) is 30.9. The molecule has 2 aromatic carbocycles. The Kier molecular flexibility index (Phi) is 4.14.